The van der Waals surface area contributed by atoms with Crippen molar-refractivity contribution in [2.24, 2.45) is 10.7 Å². The first-order valence-corrected chi connectivity index (χ1v) is 3.94. The van der Waals surface area contributed by atoms with Crippen LogP contribution in [0, 0.1) is 0 Å². The Hall–Kier alpha value is -1.46. The Morgan fingerprint density at radius 2 is 2.31 bits per heavy atom. The highest BCUT2D eigenvalue weighted by Gasteiger charge is 2.15. The van der Waals surface area contributed by atoms with E-state index in [1.54, 1.807) is 18.2 Å². The van der Waals surface area contributed by atoms with Gasteiger partial charge in [-0.3, -0.25) is 5.21 Å². The molecule has 0 atom stereocenters. The monoisotopic (exact) mass is 198 g/mol. The number of guanidine groups is 1. The number of benzene rings is 1. The summed E-state index contributed by atoms with van der Waals surface area (Å²) in [6.45, 7) is 0. The van der Waals surface area contributed by atoms with Gasteiger partial charge in [0.1, 0.15) is 5.69 Å². The SMILES string of the molecule is NC1=Nc2cc(Cl)ccc2N(O)N1. The van der Waals surface area contributed by atoms with E-state index < -0.39 is 0 Å². The van der Waals surface area contributed by atoms with Crippen molar-refractivity contribution in [2.45, 2.75) is 0 Å². The molecule has 6 heteroatoms. The molecule has 1 aromatic carbocycles. The average Bonchev–Trinajstić information content (AvgIpc) is 2.02. The summed E-state index contributed by atoms with van der Waals surface area (Å²) >= 11 is 5.74. The lowest BCUT2D eigenvalue weighted by atomic mass is 10.2. The van der Waals surface area contributed by atoms with Crippen LogP contribution < -0.4 is 16.3 Å². The third-order valence-corrected chi connectivity index (χ3v) is 1.86. The topological polar surface area (TPSA) is 73.9 Å². The van der Waals surface area contributed by atoms with Crippen LogP contribution in [-0.4, -0.2) is 11.2 Å². The summed E-state index contributed by atoms with van der Waals surface area (Å²) < 4.78 is 0. The van der Waals surface area contributed by atoms with Crippen molar-refractivity contribution < 1.29 is 5.21 Å². The molecule has 0 aromatic heterocycles. The molecule has 2 rings (SSSR count). The van der Waals surface area contributed by atoms with Crippen molar-refractivity contribution in [1.82, 2.24) is 5.43 Å². The maximum atomic E-state index is 9.34. The van der Waals surface area contributed by atoms with Crippen molar-refractivity contribution in [3.8, 4) is 0 Å². The van der Waals surface area contributed by atoms with Gasteiger partial charge in [0.2, 0.25) is 5.96 Å². The van der Waals surface area contributed by atoms with Gasteiger partial charge in [0, 0.05) is 5.02 Å². The van der Waals surface area contributed by atoms with Crippen LogP contribution >= 0.6 is 11.6 Å². The molecule has 68 valence electrons. The van der Waals surface area contributed by atoms with Crippen molar-refractivity contribution in [2.75, 3.05) is 5.17 Å². The zero-order chi connectivity index (χ0) is 9.42. The lowest BCUT2D eigenvalue weighted by molar-refractivity contribution is 0.234. The number of fused-ring (bicyclic) bond motifs is 1. The number of hydrogen-bond donors (Lipinski definition) is 3. The first-order valence-electron chi connectivity index (χ1n) is 3.56. The van der Waals surface area contributed by atoms with Crippen LogP contribution in [0.15, 0.2) is 23.2 Å². The quantitative estimate of drug-likeness (QED) is 0.582. The second-order valence-corrected chi connectivity index (χ2v) is 2.99. The van der Waals surface area contributed by atoms with Crippen LogP contribution in [-0.2, 0) is 0 Å². The highest BCUT2D eigenvalue weighted by molar-refractivity contribution is 6.31. The molecular formula is C7H7ClN4O. The number of hydrazine groups is 1. The summed E-state index contributed by atoms with van der Waals surface area (Å²) in [6.07, 6.45) is 0. The predicted octanol–water partition coefficient (Wildman–Crippen LogP) is 1.00. The third kappa shape index (κ3) is 1.39. The third-order valence-electron chi connectivity index (χ3n) is 1.63. The second kappa shape index (κ2) is 2.79. The summed E-state index contributed by atoms with van der Waals surface area (Å²) in [7, 11) is 0. The fourth-order valence-electron chi connectivity index (χ4n) is 1.09. The second-order valence-electron chi connectivity index (χ2n) is 2.55. The van der Waals surface area contributed by atoms with Gasteiger partial charge in [-0.2, -0.15) is 5.17 Å². The number of halogens is 1. The number of anilines is 1. The number of nitrogens with zero attached hydrogens (tertiary/aromatic N) is 2. The van der Waals surface area contributed by atoms with Crippen molar-refractivity contribution >= 4 is 28.9 Å². The zero-order valence-corrected chi connectivity index (χ0v) is 7.28. The molecule has 1 aliphatic rings. The molecular weight excluding hydrogens is 192 g/mol. The van der Waals surface area contributed by atoms with E-state index in [2.05, 4.69) is 10.4 Å². The summed E-state index contributed by atoms with van der Waals surface area (Å²) in [4.78, 5) is 3.95. The van der Waals surface area contributed by atoms with E-state index in [9.17, 15) is 5.21 Å². The minimum absolute atomic E-state index is 0.122. The smallest absolute Gasteiger partial charge is 0.215 e. The summed E-state index contributed by atoms with van der Waals surface area (Å²) in [6, 6.07) is 4.91. The average molecular weight is 199 g/mol. The molecule has 1 aliphatic heterocycles. The highest BCUT2D eigenvalue weighted by atomic mass is 35.5. The molecule has 0 radical (unpaired) electrons. The van der Waals surface area contributed by atoms with Gasteiger partial charge < -0.3 is 5.73 Å². The summed E-state index contributed by atoms with van der Waals surface area (Å²) in [5, 5.41) is 10.7. The van der Waals surface area contributed by atoms with E-state index in [-0.39, 0.29) is 5.96 Å². The minimum atomic E-state index is 0.122. The van der Waals surface area contributed by atoms with E-state index >= 15 is 0 Å². The van der Waals surface area contributed by atoms with E-state index in [0.29, 0.717) is 16.4 Å². The van der Waals surface area contributed by atoms with Crippen LogP contribution in [0.25, 0.3) is 0 Å². The van der Waals surface area contributed by atoms with Gasteiger partial charge in [-0.05, 0) is 18.2 Å². The van der Waals surface area contributed by atoms with Gasteiger partial charge in [0.25, 0.3) is 0 Å². The minimum Gasteiger partial charge on any atom is -0.368 e. The lowest BCUT2D eigenvalue weighted by Gasteiger charge is -2.23. The maximum absolute atomic E-state index is 9.34. The Bertz CT molecular complexity index is 379. The van der Waals surface area contributed by atoms with Gasteiger partial charge in [-0.25, -0.2) is 10.4 Å². The molecule has 0 saturated carbocycles. The largest absolute Gasteiger partial charge is 0.368 e. The molecule has 0 amide bonds. The Morgan fingerprint density at radius 3 is 3.08 bits per heavy atom. The van der Waals surface area contributed by atoms with Crippen LogP contribution in [0.3, 0.4) is 0 Å². The Balaban J connectivity index is 2.56. The predicted molar refractivity (Wildman–Crippen MR) is 50.1 cm³/mol. The number of rotatable bonds is 0. The molecule has 0 unspecified atom stereocenters. The number of hydrogen-bond acceptors (Lipinski definition) is 5. The molecule has 0 saturated heterocycles. The highest BCUT2D eigenvalue weighted by Crippen LogP contribution is 2.31. The Labute approximate surface area is 79.4 Å². The van der Waals surface area contributed by atoms with E-state index in [1.165, 1.54) is 0 Å². The molecule has 4 N–H and O–H groups in total. The van der Waals surface area contributed by atoms with Gasteiger partial charge >= 0.3 is 0 Å². The van der Waals surface area contributed by atoms with Crippen LogP contribution in [0.2, 0.25) is 5.02 Å². The molecule has 1 aromatic rings. The van der Waals surface area contributed by atoms with Gasteiger partial charge in [0.05, 0.1) is 5.69 Å². The van der Waals surface area contributed by atoms with Crippen LogP contribution in [0.5, 0.6) is 0 Å². The van der Waals surface area contributed by atoms with Gasteiger partial charge in [0.15, 0.2) is 0 Å². The van der Waals surface area contributed by atoms with Crippen LogP contribution in [0.4, 0.5) is 11.4 Å². The molecule has 0 bridgehead atoms. The molecule has 0 aliphatic carbocycles. The van der Waals surface area contributed by atoms with Gasteiger partial charge in [-0.15, -0.1) is 0 Å². The van der Waals surface area contributed by atoms with Crippen molar-refractivity contribution in [3.63, 3.8) is 0 Å². The lowest BCUT2D eigenvalue weighted by Crippen LogP contribution is -2.46. The molecule has 0 spiro atoms. The standard InChI is InChI=1S/C7H7ClN4O/c8-4-1-2-6-5(3-4)10-7(9)11-12(6)13/h1-3,13H,(H3,9,10,11). The molecule has 1 heterocycles. The number of aliphatic imine (C=N–C) groups is 1. The van der Waals surface area contributed by atoms with Crippen molar-refractivity contribution in [1.29, 1.82) is 0 Å². The first kappa shape index (κ1) is 8.15. The van der Waals surface area contributed by atoms with E-state index in [1.807, 2.05) is 0 Å². The maximum Gasteiger partial charge on any atom is 0.215 e. The first-order chi connectivity index (χ1) is 6.16. The summed E-state index contributed by atoms with van der Waals surface area (Å²) in [5.41, 5.74) is 8.86. The normalized spacial score (nSPS) is 14.6. The molecule has 0 fully saturated rings. The van der Waals surface area contributed by atoms with E-state index in [0.717, 1.165) is 5.17 Å². The van der Waals surface area contributed by atoms with Crippen LogP contribution in [0.1, 0.15) is 0 Å². The van der Waals surface area contributed by atoms with E-state index in [4.69, 9.17) is 17.3 Å². The summed E-state index contributed by atoms with van der Waals surface area (Å²) in [5.74, 6) is 0.122. The number of nitrogens with one attached hydrogen (secondary N) is 1. The Morgan fingerprint density at radius 1 is 1.54 bits per heavy atom. The molecule has 13 heavy (non-hydrogen) atoms. The van der Waals surface area contributed by atoms with Crippen molar-refractivity contribution in [3.05, 3.63) is 23.2 Å². The van der Waals surface area contributed by atoms with Gasteiger partial charge in [-0.1, -0.05) is 11.6 Å². The zero-order valence-electron chi connectivity index (χ0n) is 6.53. The Kier molecular flexibility index (Phi) is 1.75. The fraction of sp³-hybridized carbons (Fsp3) is 0. The molecule has 5 nitrogen and oxygen atoms in total. The number of nitrogens with two attached hydrogens (primary N) is 1. The fourth-order valence-corrected chi connectivity index (χ4v) is 1.26.